The maximum absolute atomic E-state index is 5.88. The van der Waals surface area contributed by atoms with E-state index in [1.54, 1.807) is 0 Å². The number of ether oxygens (including phenoxy) is 2. The standard InChI is InChI=1S/C16H25NO2/c1-3-10-17-16(4-2)13-5-7-14(8-6-13)19-15-9-11-18-12-15/h5-8,15-17H,3-4,9-12H2,1-2H3. The highest BCUT2D eigenvalue weighted by Gasteiger charge is 2.17. The van der Waals surface area contributed by atoms with Gasteiger partial charge in [0, 0.05) is 12.5 Å². The molecule has 0 amide bonds. The van der Waals surface area contributed by atoms with Gasteiger partial charge in [-0.1, -0.05) is 26.0 Å². The highest BCUT2D eigenvalue weighted by atomic mass is 16.5. The van der Waals surface area contributed by atoms with Crippen LogP contribution in [0.25, 0.3) is 0 Å². The van der Waals surface area contributed by atoms with E-state index in [9.17, 15) is 0 Å². The molecule has 2 rings (SSSR count). The first-order valence-corrected chi connectivity index (χ1v) is 7.41. The number of hydrogen-bond acceptors (Lipinski definition) is 3. The van der Waals surface area contributed by atoms with Crippen molar-refractivity contribution in [3.05, 3.63) is 29.8 Å². The van der Waals surface area contributed by atoms with Gasteiger partial charge >= 0.3 is 0 Å². The summed E-state index contributed by atoms with van der Waals surface area (Å²) in [6.45, 7) is 7.02. The summed E-state index contributed by atoms with van der Waals surface area (Å²) in [7, 11) is 0. The third-order valence-electron chi connectivity index (χ3n) is 3.52. The molecule has 1 fully saturated rings. The third kappa shape index (κ3) is 4.22. The van der Waals surface area contributed by atoms with Crippen LogP contribution in [-0.2, 0) is 4.74 Å². The van der Waals surface area contributed by atoms with E-state index in [4.69, 9.17) is 9.47 Å². The van der Waals surface area contributed by atoms with Crippen molar-refractivity contribution in [2.24, 2.45) is 0 Å². The van der Waals surface area contributed by atoms with Crippen LogP contribution in [0.5, 0.6) is 5.75 Å². The average molecular weight is 263 g/mol. The summed E-state index contributed by atoms with van der Waals surface area (Å²) >= 11 is 0. The second-order valence-corrected chi connectivity index (χ2v) is 5.09. The van der Waals surface area contributed by atoms with Crippen molar-refractivity contribution < 1.29 is 9.47 Å². The summed E-state index contributed by atoms with van der Waals surface area (Å²) in [4.78, 5) is 0. The fourth-order valence-corrected chi connectivity index (χ4v) is 2.39. The van der Waals surface area contributed by atoms with Crippen LogP contribution >= 0.6 is 0 Å². The first-order valence-electron chi connectivity index (χ1n) is 7.41. The van der Waals surface area contributed by atoms with Crippen LogP contribution in [0.15, 0.2) is 24.3 Å². The zero-order valence-corrected chi connectivity index (χ0v) is 12.0. The molecule has 3 nitrogen and oxygen atoms in total. The van der Waals surface area contributed by atoms with Crippen LogP contribution < -0.4 is 10.1 Å². The van der Waals surface area contributed by atoms with Crippen molar-refractivity contribution in [1.82, 2.24) is 5.32 Å². The van der Waals surface area contributed by atoms with Gasteiger partial charge < -0.3 is 14.8 Å². The summed E-state index contributed by atoms with van der Waals surface area (Å²) in [5.74, 6) is 0.949. The molecular weight excluding hydrogens is 238 g/mol. The molecule has 1 aromatic carbocycles. The molecule has 0 radical (unpaired) electrons. The Bertz CT molecular complexity index is 358. The number of benzene rings is 1. The highest BCUT2D eigenvalue weighted by molar-refractivity contribution is 5.29. The van der Waals surface area contributed by atoms with Crippen LogP contribution in [0.2, 0.25) is 0 Å². The molecule has 3 heteroatoms. The minimum Gasteiger partial charge on any atom is -0.488 e. The fraction of sp³-hybridized carbons (Fsp3) is 0.625. The van der Waals surface area contributed by atoms with Gasteiger partial charge in [0.05, 0.1) is 13.2 Å². The van der Waals surface area contributed by atoms with Crippen molar-refractivity contribution >= 4 is 0 Å². The Labute approximate surface area is 116 Å². The first-order chi connectivity index (χ1) is 9.33. The van der Waals surface area contributed by atoms with Crippen molar-refractivity contribution in [2.45, 2.75) is 45.3 Å². The molecule has 0 spiro atoms. The third-order valence-corrected chi connectivity index (χ3v) is 3.52. The van der Waals surface area contributed by atoms with Gasteiger partial charge in [-0.3, -0.25) is 0 Å². The molecule has 2 unspecified atom stereocenters. The van der Waals surface area contributed by atoms with Gasteiger partial charge in [0.2, 0.25) is 0 Å². The summed E-state index contributed by atoms with van der Waals surface area (Å²) in [6.07, 6.45) is 3.50. The smallest absolute Gasteiger partial charge is 0.124 e. The van der Waals surface area contributed by atoms with E-state index in [1.165, 1.54) is 12.0 Å². The quantitative estimate of drug-likeness (QED) is 0.818. The van der Waals surface area contributed by atoms with Gasteiger partial charge in [0.25, 0.3) is 0 Å². The predicted octanol–water partition coefficient (Wildman–Crippen LogP) is 3.31. The molecule has 1 aliphatic rings. The second kappa shape index (κ2) is 7.51. The average Bonchev–Trinajstić information content (AvgIpc) is 2.94. The van der Waals surface area contributed by atoms with Gasteiger partial charge in [0.15, 0.2) is 0 Å². The molecule has 106 valence electrons. The molecule has 2 atom stereocenters. The van der Waals surface area contributed by atoms with E-state index in [0.717, 1.165) is 38.3 Å². The Hall–Kier alpha value is -1.06. The Balaban J connectivity index is 1.92. The summed E-state index contributed by atoms with van der Waals surface area (Å²) in [6, 6.07) is 8.93. The molecule has 0 aromatic heterocycles. The maximum atomic E-state index is 5.88. The van der Waals surface area contributed by atoms with E-state index >= 15 is 0 Å². The minimum absolute atomic E-state index is 0.228. The zero-order valence-electron chi connectivity index (χ0n) is 12.0. The normalized spacial score (nSPS) is 20.4. The first kappa shape index (κ1) is 14.4. The van der Waals surface area contributed by atoms with Crippen LogP contribution in [0, 0.1) is 0 Å². The molecule has 0 bridgehead atoms. The van der Waals surface area contributed by atoms with Gasteiger partial charge in [-0.2, -0.15) is 0 Å². The minimum atomic E-state index is 0.228. The summed E-state index contributed by atoms with van der Waals surface area (Å²) < 4.78 is 11.2. The molecule has 19 heavy (non-hydrogen) atoms. The maximum Gasteiger partial charge on any atom is 0.124 e. The van der Waals surface area contributed by atoms with E-state index in [2.05, 4.69) is 43.4 Å². The summed E-state index contributed by atoms with van der Waals surface area (Å²) in [5.41, 5.74) is 1.34. The SMILES string of the molecule is CCCNC(CC)c1ccc(OC2CCOC2)cc1. The lowest BCUT2D eigenvalue weighted by Gasteiger charge is -2.18. The Morgan fingerprint density at radius 3 is 2.68 bits per heavy atom. The molecule has 1 saturated heterocycles. The van der Waals surface area contributed by atoms with E-state index in [-0.39, 0.29) is 6.10 Å². The van der Waals surface area contributed by atoms with Crippen molar-refractivity contribution in [3.63, 3.8) is 0 Å². The lowest BCUT2D eigenvalue weighted by atomic mass is 10.0. The van der Waals surface area contributed by atoms with Crippen molar-refractivity contribution in [2.75, 3.05) is 19.8 Å². The Morgan fingerprint density at radius 1 is 1.32 bits per heavy atom. The predicted molar refractivity (Wildman–Crippen MR) is 77.6 cm³/mol. The van der Waals surface area contributed by atoms with E-state index in [0.29, 0.717) is 6.04 Å². The van der Waals surface area contributed by atoms with Crippen molar-refractivity contribution in [1.29, 1.82) is 0 Å². The van der Waals surface area contributed by atoms with E-state index < -0.39 is 0 Å². The monoisotopic (exact) mass is 263 g/mol. The van der Waals surface area contributed by atoms with Crippen molar-refractivity contribution in [3.8, 4) is 5.75 Å². The van der Waals surface area contributed by atoms with Crippen LogP contribution in [0.1, 0.15) is 44.7 Å². The summed E-state index contributed by atoms with van der Waals surface area (Å²) in [5, 5.41) is 3.57. The molecule has 1 heterocycles. The number of rotatable bonds is 7. The largest absolute Gasteiger partial charge is 0.488 e. The molecule has 1 aromatic rings. The van der Waals surface area contributed by atoms with Crippen LogP contribution in [0.3, 0.4) is 0 Å². The molecule has 0 aliphatic carbocycles. The molecule has 0 saturated carbocycles. The highest BCUT2D eigenvalue weighted by Crippen LogP contribution is 2.22. The molecule has 1 aliphatic heterocycles. The Morgan fingerprint density at radius 2 is 2.11 bits per heavy atom. The van der Waals surface area contributed by atoms with E-state index in [1.807, 2.05) is 0 Å². The molecular formula is C16H25NO2. The van der Waals surface area contributed by atoms with Crippen LogP contribution in [0.4, 0.5) is 0 Å². The topological polar surface area (TPSA) is 30.5 Å². The second-order valence-electron chi connectivity index (χ2n) is 5.09. The molecule has 1 N–H and O–H groups in total. The lowest BCUT2D eigenvalue weighted by Crippen LogP contribution is -2.21. The lowest BCUT2D eigenvalue weighted by molar-refractivity contribution is 0.141. The van der Waals surface area contributed by atoms with Gasteiger partial charge in [-0.25, -0.2) is 0 Å². The van der Waals surface area contributed by atoms with Gasteiger partial charge in [-0.05, 0) is 37.1 Å². The van der Waals surface area contributed by atoms with Gasteiger partial charge in [-0.15, -0.1) is 0 Å². The van der Waals surface area contributed by atoms with Gasteiger partial charge in [0.1, 0.15) is 11.9 Å². The number of hydrogen-bond donors (Lipinski definition) is 1. The zero-order chi connectivity index (χ0) is 13.5. The fourth-order valence-electron chi connectivity index (χ4n) is 2.39. The van der Waals surface area contributed by atoms with Crippen LogP contribution in [-0.4, -0.2) is 25.9 Å². The number of nitrogens with one attached hydrogen (secondary N) is 1. The Kier molecular flexibility index (Phi) is 5.67.